The van der Waals surface area contributed by atoms with E-state index in [1.54, 1.807) is 60.5 Å². The van der Waals surface area contributed by atoms with Gasteiger partial charge in [-0.3, -0.25) is 9.40 Å². The molecule has 0 bridgehead atoms. The number of nitrogens with zero attached hydrogens (tertiary/aromatic N) is 3. The highest BCUT2D eigenvalue weighted by Gasteiger charge is 2.18. The van der Waals surface area contributed by atoms with E-state index in [1.807, 2.05) is 6.07 Å². The van der Waals surface area contributed by atoms with Crippen LogP contribution in [0.25, 0.3) is 21.5 Å². The summed E-state index contributed by atoms with van der Waals surface area (Å²) < 4.78 is 30.6. The van der Waals surface area contributed by atoms with Crippen molar-refractivity contribution in [3.05, 3.63) is 59.9 Å². The number of benzene rings is 2. The second-order valence-electron chi connectivity index (χ2n) is 5.67. The van der Waals surface area contributed by atoms with Crippen LogP contribution < -0.4 is 4.72 Å². The van der Waals surface area contributed by atoms with Gasteiger partial charge in [0.1, 0.15) is 10.5 Å². The van der Waals surface area contributed by atoms with Crippen LogP contribution in [0.5, 0.6) is 0 Å². The number of aryl methyl sites for hydroxylation is 1. The molecule has 0 amide bonds. The van der Waals surface area contributed by atoms with Crippen LogP contribution in [0.15, 0.2) is 59.1 Å². The Bertz CT molecular complexity index is 1200. The molecule has 0 radical (unpaired) electrons. The van der Waals surface area contributed by atoms with Crippen molar-refractivity contribution < 1.29 is 8.42 Å². The number of hydrogen-bond acceptors (Lipinski definition) is 5. The summed E-state index contributed by atoms with van der Waals surface area (Å²) in [6.45, 7) is 0. The normalized spacial score (nSPS) is 11.8. The molecule has 2 heterocycles. The van der Waals surface area contributed by atoms with Crippen LogP contribution in [0.4, 0.5) is 5.69 Å². The molecule has 4 aromatic rings. The zero-order chi connectivity index (χ0) is 18.3. The Hall–Kier alpha value is -2.42. The molecule has 2 aromatic heterocycles. The van der Waals surface area contributed by atoms with Gasteiger partial charge in [0.25, 0.3) is 10.0 Å². The Morgan fingerprint density at radius 2 is 1.88 bits per heavy atom. The number of nitrogens with one attached hydrogen (secondary N) is 1. The van der Waals surface area contributed by atoms with E-state index in [1.165, 1.54) is 11.3 Å². The van der Waals surface area contributed by atoms with Gasteiger partial charge in [-0.05, 0) is 53.9 Å². The van der Waals surface area contributed by atoms with Crippen molar-refractivity contribution in [3.8, 4) is 11.4 Å². The Morgan fingerprint density at radius 3 is 2.58 bits per heavy atom. The van der Waals surface area contributed by atoms with Gasteiger partial charge in [0.15, 0.2) is 5.82 Å². The first-order valence-corrected chi connectivity index (χ1v) is 10.3. The van der Waals surface area contributed by atoms with Crippen molar-refractivity contribution >= 4 is 48.7 Å². The van der Waals surface area contributed by atoms with Gasteiger partial charge in [-0.2, -0.15) is 5.10 Å². The molecule has 26 heavy (non-hydrogen) atoms. The molecule has 2 aromatic carbocycles. The third-order valence-corrected chi connectivity index (χ3v) is 6.92. The summed E-state index contributed by atoms with van der Waals surface area (Å²) >= 11 is 7.17. The van der Waals surface area contributed by atoms with Crippen LogP contribution in [0, 0.1) is 0 Å². The molecular formula is C17H13ClN4O2S2. The maximum atomic E-state index is 12.7. The minimum absolute atomic E-state index is 0.241. The Labute approximate surface area is 159 Å². The Balaban J connectivity index is 1.60. The first kappa shape index (κ1) is 17.0. The highest BCUT2D eigenvalue weighted by molar-refractivity contribution is 7.94. The van der Waals surface area contributed by atoms with E-state index in [9.17, 15) is 8.42 Å². The molecule has 0 atom stereocenters. The van der Waals surface area contributed by atoms with Crippen LogP contribution in [0.1, 0.15) is 0 Å². The molecule has 0 aliphatic carbocycles. The van der Waals surface area contributed by atoms with Crippen molar-refractivity contribution in [1.29, 1.82) is 0 Å². The number of aromatic nitrogens is 3. The number of thiophene rings is 1. The zero-order valence-electron chi connectivity index (χ0n) is 13.5. The van der Waals surface area contributed by atoms with Crippen molar-refractivity contribution in [2.45, 2.75) is 4.21 Å². The molecule has 0 saturated carbocycles. The first-order valence-electron chi connectivity index (χ1n) is 7.59. The molecule has 9 heteroatoms. The van der Waals surface area contributed by atoms with Gasteiger partial charge in [0.2, 0.25) is 0 Å². The summed E-state index contributed by atoms with van der Waals surface area (Å²) in [7, 11) is -1.88. The second kappa shape index (κ2) is 6.39. The van der Waals surface area contributed by atoms with E-state index in [2.05, 4.69) is 14.8 Å². The maximum absolute atomic E-state index is 12.7. The molecule has 0 unspecified atom stereocenters. The van der Waals surface area contributed by atoms with Gasteiger partial charge in [0, 0.05) is 28.0 Å². The molecule has 0 saturated heterocycles. The molecule has 0 fully saturated rings. The molecule has 132 valence electrons. The van der Waals surface area contributed by atoms with E-state index in [4.69, 9.17) is 11.6 Å². The van der Waals surface area contributed by atoms with E-state index < -0.39 is 10.0 Å². The molecule has 0 aliphatic rings. The van der Waals surface area contributed by atoms with Crippen molar-refractivity contribution in [2.24, 2.45) is 7.05 Å². The van der Waals surface area contributed by atoms with Crippen LogP contribution in [-0.2, 0) is 17.1 Å². The smallest absolute Gasteiger partial charge is 0.271 e. The minimum atomic E-state index is -3.67. The molecule has 4 rings (SSSR count). The minimum Gasteiger partial charge on any atom is -0.279 e. The van der Waals surface area contributed by atoms with Crippen LogP contribution >= 0.6 is 22.9 Å². The number of halogens is 1. The fraction of sp³-hybridized carbons (Fsp3) is 0.0588. The standard InChI is InChI=1S/C17H13ClN4O2S2/c1-22-10-19-17(20-22)11-2-5-14(6-3-11)21-26(23,24)16-9-12-8-13(18)4-7-15(12)25-16/h2-10,21H,1H3. The molecule has 0 spiro atoms. The van der Waals surface area contributed by atoms with E-state index >= 15 is 0 Å². The number of fused-ring (bicyclic) bond motifs is 1. The van der Waals surface area contributed by atoms with E-state index in [-0.39, 0.29) is 4.21 Å². The quantitative estimate of drug-likeness (QED) is 0.554. The van der Waals surface area contributed by atoms with Crippen LogP contribution in [-0.4, -0.2) is 23.2 Å². The maximum Gasteiger partial charge on any atom is 0.271 e. The lowest BCUT2D eigenvalue weighted by molar-refractivity contribution is 0.603. The number of anilines is 1. The molecule has 6 nitrogen and oxygen atoms in total. The number of rotatable bonds is 4. The van der Waals surface area contributed by atoms with Crippen LogP contribution in [0.2, 0.25) is 5.02 Å². The van der Waals surface area contributed by atoms with Crippen molar-refractivity contribution in [2.75, 3.05) is 4.72 Å². The summed E-state index contributed by atoms with van der Waals surface area (Å²) in [5.74, 6) is 0.586. The average Bonchev–Trinajstić information content (AvgIpc) is 3.21. The van der Waals surface area contributed by atoms with Crippen molar-refractivity contribution in [3.63, 3.8) is 0 Å². The summed E-state index contributed by atoms with van der Waals surface area (Å²) in [6.07, 6.45) is 1.61. The van der Waals surface area contributed by atoms with Crippen LogP contribution in [0.3, 0.4) is 0 Å². The highest BCUT2D eigenvalue weighted by atomic mass is 35.5. The lowest BCUT2D eigenvalue weighted by Crippen LogP contribution is -2.11. The van der Waals surface area contributed by atoms with Crippen molar-refractivity contribution in [1.82, 2.24) is 14.8 Å². The average molecular weight is 405 g/mol. The van der Waals surface area contributed by atoms with Gasteiger partial charge in [-0.1, -0.05) is 11.6 Å². The lowest BCUT2D eigenvalue weighted by Gasteiger charge is -2.06. The summed E-state index contributed by atoms with van der Waals surface area (Å²) in [5.41, 5.74) is 1.28. The fourth-order valence-electron chi connectivity index (χ4n) is 2.49. The summed E-state index contributed by atoms with van der Waals surface area (Å²) in [5, 5.41) is 5.60. The van der Waals surface area contributed by atoms with Gasteiger partial charge in [0.05, 0.1) is 0 Å². The SMILES string of the molecule is Cn1cnc(-c2ccc(NS(=O)(=O)c3cc4cc(Cl)ccc4s3)cc2)n1. The fourth-order valence-corrected chi connectivity index (χ4v) is 5.10. The predicted molar refractivity (Wildman–Crippen MR) is 104 cm³/mol. The topological polar surface area (TPSA) is 76.9 Å². The predicted octanol–water partition coefficient (Wildman–Crippen LogP) is 4.15. The number of sulfonamides is 1. The van der Waals surface area contributed by atoms with Gasteiger partial charge >= 0.3 is 0 Å². The Morgan fingerprint density at radius 1 is 1.12 bits per heavy atom. The van der Waals surface area contributed by atoms with Gasteiger partial charge in [-0.25, -0.2) is 13.4 Å². The van der Waals surface area contributed by atoms with E-state index in [0.29, 0.717) is 16.5 Å². The largest absolute Gasteiger partial charge is 0.279 e. The monoisotopic (exact) mass is 404 g/mol. The second-order valence-corrected chi connectivity index (χ2v) is 9.10. The highest BCUT2D eigenvalue weighted by Crippen LogP contribution is 2.32. The Kier molecular flexibility index (Phi) is 4.18. The van der Waals surface area contributed by atoms with Gasteiger partial charge < -0.3 is 0 Å². The zero-order valence-corrected chi connectivity index (χ0v) is 15.9. The molecule has 0 aliphatic heterocycles. The lowest BCUT2D eigenvalue weighted by atomic mass is 10.2. The summed E-state index contributed by atoms with van der Waals surface area (Å²) in [6, 6.07) is 13.9. The van der Waals surface area contributed by atoms with E-state index in [0.717, 1.165) is 15.6 Å². The molecular weight excluding hydrogens is 392 g/mol. The summed E-state index contributed by atoms with van der Waals surface area (Å²) in [4.78, 5) is 4.17. The first-order chi connectivity index (χ1) is 12.4. The third-order valence-electron chi connectivity index (χ3n) is 3.72. The number of hydrogen-bond donors (Lipinski definition) is 1. The third kappa shape index (κ3) is 3.31. The van der Waals surface area contributed by atoms with Gasteiger partial charge in [-0.15, -0.1) is 11.3 Å². The molecule has 1 N–H and O–H groups in total.